The molecule has 0 saturated carbocycles. The van der Waals surface area contributed by atoms with Gasteiger partial charge in [0.25, 0.3) is 0 Å². The van der Waals surface area contributed by atoms with Gasteiger partial charge in [-0.3, -0.25) is 0 Å². The molecule has 0 N–H and O–H groups in total. The molecule has 2 fully saturated rings. The Balaban J connectivity index is 2.14. The molecule has 0 aromatic carbocycles. The Hall–Kier alpha value is -0.0800. The molecular weight excluding hydrogens is 224 g/mol. The predicted octanol–water partition coefficient (Wildman–Crippen LogP) is 4.38. The highest BCUT2D eigenvalue weighted by molar-refractivity contribution is 5.04. The Bertz CT molecular complexity index is 286. The minimum absolute atomic E-state index is 0.00144. The van der Waals surface area contributed by atoms with Gasteiger partial charge in [0, 0.05) is 5.92 Å². The highest BCUT2D eigenvalue weighted by Crippen LogP contribution is 2.56. The van der Waals surface area contributed by atoms with Crippen molar-refractivity contribution in [1.82, 2.24) is 0 Å². The summed E-state index contributed by atoms with van der Waals surface area (Å²) in [7, 11) is 0. The lowest BCUT2D eigenvalue weighted by atomic mass is 9.70. The van der Waals surface area contributed by atoms with E-state index in [9.17, 15) is 0 Å². The molecule has 0 radical (unpaired) electrons. The van der Waals surface area contributed by atoms with Crippen LogP contribution >= 0.6 is 0 Å². The monoisotopic (exact) mass is 254 g/mol. The molecule has 2 unspecified atom stereocenters. The molecule has 0 spiro atoms. The van der Waals surface area contributed by atoms with Crippen molar-refractivity contribution in [1.29, 1.82) is 0 Å². The first-order valence-electron chi connectivity index (χ1n) is 7.24. The van der Waals surface area contributed by atoms with Crippen molar-refractivity contribution in [2.45, 2.75) is 85.7 Å². The second-order valence-corrected chi connectivity index (χ2v) is 8.73. The average Bonchev–Trinajstić information content (AvgIpc) is 2.53. The van der Waals surface area contributed by atoms with Gasteiger partial charge < -0.3 is 9.47 Å². The van der Waals surface area contributed by atoms with Gasteiger partial charge in [-0.05, 0) is 37.5 Å². The number of hydrogen-bond acceptors (Lipinski definition) is 2. The van der Waals surface area contributed by atoms with Gasteiger partial charge in [-0.15, -0.1) is 0 Å². The summed E-state index contributed by atoms with van der Waals surface area (Å²) < 4.78 is 12.6. The summed E-state index contributed by atoms with van der Waals surface area (Å²) in [6.45, 7) is 18.0. The van der Waals surface area contributed by atoms with Crippen molar-refractivity contribution in [3.8, 4) is 0 Å². The van der Waals surface area contributed by atoms with Gasteiger partial charge in [-0.1, -0.05) is 41.5 Å². The van der Waals surface area contributed by atoms with Crippen LogP contribution in [-0.4, -0.2) is 17.5 Å². The third-order valence-electron chi connectivity index (χ3n) is 5.61. The largest absolute Gasteiger partial charge is 0.346 e. The topological polar surface area (TPSA) is 18.5 Å². The third-order valence-corrected chi connectivity index (χ3v) is 5.61. The van der Waals surface area contributed by atoms with Crippen LogP contribution in [-0.2, 0) is 9.47 Å². The highest BCUT2D eigenvalue weighted by atomic mass is 16.7. The molecule has 0 aromatic heterocycles. The lowest BCUT2D eigenvalue weighted by molar-refractivity contribution is -0.232. The van der Waals surface area contributed by atoms with Crippen LogP contribution in [0.2, 0.25) is 0 Å². The Morgan fingerprint density at radius 1 is 0.778 bits per heavy atom. The smallest absolute Gasteiger partial charge is 0.162 e. The molecule has 106 valence electrons. The summed E-state index contributed by atoms with van der Waals surface area (Å²) in [4.78, 5) is 0. The van der Waals surface area contributed by atoms with Gasteiger partial charge in [0.1, 0.15) is 0 Å². The molecule has 2 rings (SSSR count). The maximum Gasteiger partial charge on any atom is 0.162 e. The first-order valence-corrected chi connectivity index (χ1v) is 7.24. The lowest BCUT2D eigenvalue weighted by Gasteiger charge is -2.42. The number of ether oxygens (including phenoxy) is 2. The van der Waals surface area contributed by atoms with Crippen molar-refractivity contribution in [2.75, 3.05) is 0 Å². The molecule has 2 nitrogen and oxygen atoms in total. The second-order valence-electron chi connectivity index (χ2n) is 8.73. The minimum atomic E-state index is -0.0540. The standard InChI is InChI=1S/C16H30O2/c1-13(2,3)15(7)9-11-10-16(8,14(4,5)6)18-12(11)17-15/h11-12H,9-10H2,1-8H3. The van der Waals surface area contributed by atoms with Crippen LogP contribution in [0.15, 0.2) is 0 Å². The van der Waals surface area contributed by atoms with Crippen molar-refractivity contribution >= 4 is 0 Å². The van der Waals surface area contributed by atoms with E-state index in [2.05, 4.69) is 55.4 Å². The molecule has 2 saturated heterocycles. The van der Waals surface area contributed by atoms with Gasteiger partial charge in [0.2, 0.25) is 0 Å². The summed E-state index contributed by atoms with van der Waals surface area (Å²) in [5.74, 6) is 0.554. The fourth-order valence-electron chi connectivity index (χ4n) is 3.06. The van der Waals surface area contributed by atoms with E-state index in [0.29, 0.717) is 5.92 Å². The summed E-state index contributed by atoms with van der Waals surface area (Å²) >= 11 is 0. The normalized spacial score (nSPS) is 45.3. The molecule has 2 heterocycles. The summed E-state index contributed by atoms with van der Waals surface area (Å²) in [6, 6.07) is 0. The first kappa shape index (κ1) is 14.3. The van der Waals surface area contributed by atoms with E-state index < -0.39 is 0 Å². The van der Waals surface area contributed by atoms with E-state index in [1.807, 2.05) is 0 Å². The molecule has 0 aliphatic carbocycles. The molecule has 2 aliphatic heterocycles. The van der Waals surface area contributed by atoms with Crippen LogP contribution in [0.5, 0.6) is 0 Å². The summed E-state index contributed by atoms with van der Waals surface area (Å²) in [6.07, 6.45) is 2.23. The van der Waals surface area contributed by atoms with Gasteiger partial charge in [0.05, 0.1) is 11.2 Å². The average molecular weight is 254 g/mol. The predicted molar refractivity (Wildman–Crippen MR) is 74.4 cm³/mol. The number of fused-ring (bicyclic) bond motifs is 1. The molecule has 2 aliphatic rings. The fourth-order valence-corrected chi connectivity index (χ4v) is 3.06. The zero-order valence-corrected chi connectivity index (χ0v) is 13.4. The van der Waals surface area contributed by atoms with Crippen LogP contribution in [0.1, 0.15) is 68.2 Å². The van der Waals surface area contributed by atoms with Gasteiger partial charge in [-0.25, -0.2) is 0 Å². The van der Waals surface area contributed by atoms with Crippen LogP contribution in [0.25, 0.3) is 0 Å². The van der Waals surface area contributed by atoms with E-state index >= 15 is 0 Å². The summed E-state index contributed by atoms with van der Waals surface area (Å²) in [5.41, 5.74) is 0.223. The summed E-state index contributed by atoms with van der Waals surface area (Å²) in [5, 5.41) is 0. The van der Waals surface area contributed by atoms with Gasteiger partial charge >= 0.3 is 0 Å². The van der Waals surface area contributed by atoms with E-state index in [4.69, 9.17) is 9.47 Å². The van der Waals surface area contributed by atoms with Crippen LogP contribution < -0.4 is 0 Å². The zero-order chi connectivity index (χ0) is 14.0. The zero-order valence-electron chi connectivity index (χ0n) is 13.4. The minimum Gasteiger partial charge on any atom is -0.346 e. The van der Waals surface area contributed by atoms with Gasteiger partial charge in [-0.2, -0.15) is 0 Å². The number of hydrogen-bond donors (Lipinski definition) is 0. The van der Waals surface area contributed by atoms with Crippen molar-refractivity contribution in [3.63, 3.8) is 0 Å². The Morgan fingerprint density at radius 2 is 1.11 bits per heavy atom. The van der Waals surface area contributed by atoms with Gasteiger partial charge in [0.15, 0.2) is 6.29 Å². The lowest BCUT2D eigenvalue weighted by Crippen LogP contribution is -2.44. The third kappa shape index (κ3) is 2.02. The van der Waals surface area contributed by atoms with E-state index in [1.165, 1.54) is 0 Å². The van der Waals surface area contributed by atoms with Crippen molar-refractivity contribution < 1.29 is 9.47 Å². The Labute approximate surface area is 112 Å². The van der Waals surface area contributed by atoms with Crippen LogP contribution in [0, 0.1) is 16.7 Å². The van der Waals surface area contributed by atoms with E-state index in [-0.39, 0.29) is 28.3 Å². The molecule has 2 atom stereocenters. The molecular formula is C16H30O2. The first-order chi connectivity index (χ1) is 7.88. The maximum absolute atomic E-state index is 6.31. The maximum atomic E-state index is 6.31. The molecule has 0 aromatic rings. The molecule has 0 bridgehead atoms. The molecule has 2 heteroatoms. The van der Waals surface area contributed by atoms with E-state index in [1.54, 1.807) is 0 Å². The molecule has 18 heavy (non-hydrogen) atoms. The SMILES string of the molecule is CC(C)(C)C1(C)CC2CC(C)(C(C)(C)C)OC2O1. The quantitative estimate of drug-likeness (QED) is 0.638. The molecule has 0 amide bonds. The second kappa shape index (κ2) is 3.73. The number of rotatable bonds is 0. The fraction of sp³-hybridized carbons (Fsp3) is 1.00. The van der Waals surface area contributed by atoms with E-state index in [0.717, 1.165) is 12.8 Å². The van der Waals surface area contributed by atoms with Crippen molar-refractivity contribution in [2.24, 2.45) is 16.7 Å². The van der Waals surface area contributed by atoms with Crippen LogP contribution in [0.4, 0.5) is 0 Å². The highest BCUT2D eigenvalue weighted by Gasteiger charge is 2.59. The van der Waals surface area contributed by atoms with Crippen LogP contribution in [0.3, 0.4) is 0 Å². The Kier molecular flexibility index (Phi) is 2.97. The van der Waals surface area contributed by atoms with Crippen molar-refractivity contribution in [3.05, 3.63) is 0 Å². The Morgan fingerprint density at radius 3 is 1.33 bits per heavy atom.